The molecule has 0 saturated heterocycles. The van der Waals surface area contributed by atoms with Gasteiger partial charge in [0.25, 0.3) is 0 Å². The summed E-state index contributed by atoms with van der Waals surface area (Å²) in [5, 5.41) is 20.7. The largest absolute Gasteiger partial charge is 0.388 e. The average Bonchev–Trinajstić information content (AvgIpc) is 3.10. The maximum atomic E-state index is 13.2. The van der Waals surface area contributed by atoms with Gasteiger partial charge in [-0.2, -0.15) is 0 Å². The van der Waals surface area contributed by atoms with Gasteiger partial charge in [0.2, 0.25) is 6.41 Å². The van der Waals surface area contributed by atoms with Crippen molar-refractivity contribution >= 4 is 29.5 Å². The number of hydrogen-bond donors (Lipinski definition) is 2. The normalized spacial score (nSPS) is 10.6. The predicted molar refractivity (Wildman–Crippen MR) is 101 cm³/mol. The van der Waals surface area contributed by atoms with Crippen molar-refractivity contribution in [1.29, 1.82) is 0 Å². The average molecular weight is 385 g/mol. The van der Waals surface area contributed by atoms with E-state index in [9.17, 15) is 14.7 Å². The molecule has 0 saturated carbocycles. The number of nitrogens with one attached hydrogen (secondary N) is 1. The van der Waals surface area contributed by atoms with Crippen LogP contribution in [0.15, 0.2) is 42.5 Å². The molecule has 0 fully saturated rings. The molecule has 0 atom stereocenters. The second kappa shape index (κ2) is 8.11. The molecular formula is C19H17ClN4O3. The highest BCUT2D eigenvalue weighted by Gasteiger charge is 2.23. The lowest BCUT2D eigenvalue weighted by molar-refractivity contribution is -0.105. The predicted octanol–water partition coefficient (Wildman–Crippen LogP) is 2.77. The molecule has 1 heterocycles. The summed E-state index contributed by atoms with van der Waals surface area (Å²) < 4.78 is 1.59. The Morgan fingerprint density at radius 2 is 1.85 bits per heavy atom. The van der Waals surface area contributed by atoms with Crippen LogP contribution in [0.4, 0.5) is 5.69 Å². The van der Waals surface area contributed by atoms with Crippen molar-refractivity contribution in [3.63, 3.8) is 0 Å². The molecule has 0 spiro atoms. The maximum absolute atomic E-state index is 13.2. The molecule has 0 unspecified atom stereocenters. The number of aromatic nitrogens is 3. The topological polar surface area (TPSA) is 97.1 Å². The quantitative estimate of drug-likeness (QED) is 0.482. The first-order valence-electron chi connectivity index (χ1n) is 8.29. The third-order valence-corrected chi connectivity index (χ3v) is 4.42. The lowest BCUT2D eigenvalue weighted by Gasteiger charge is -2.17. The van der Waals surface area contributed by atoms with E-state index in [4.69, 9.17) is 11.6 Å². The van der Waals surface area contributed by atoms with E-state index >= 15 is 0 Å². The maximum Gasteiger partial charge on any atom is 0.211 e. The van der Waals surface area contributed by atoms with Crippen LogP contribution in [0.5, 0.6) is 0 Å². The third kappa shape index (κ3) is 3.47. The molecule has 1 aromatic heterocycles. The molecule has 0 aliphatic heterocycles. The zero-order valence-corrected chi connectivity index (χ0v) is 15.3. The number of benzene rings is 2. The van der Waals surface area contributed by atoms with E-state index in [2.05, 4.69) is 15.5 Å². The first kappa shape index (κ1) is 18.8. The number of ketones is 1. The molecule has 8 heteroatoms. The minimum absolute atomic E-state index is 0.264. The minimum atomic E-state index is -0.373. The number of amides is 1. The van der Waals surface area contributed by atoms with Crippen LogP contribution in [0.25, 0.3) is 5.69 Å². The Balaban J connectivity index is 2.30. The smallest absolute Gasteiger partial charge is 0.211 e. The van der Waals surface area contributed by atoms with Gasteiger partial charge < -0.3 is 10.4 Å². The summed E-state index contributed by atoms with van der Waals surface area (Å²) in [5.41, 5.74) is 1.42. The van der Waals surface area contributed by atoms with Crippen LogP contribution >= 0.6 is 11.6 Å². The number of rotatable bonds is 7. The number of para-hydroxylation sites is 1. The van der Waals surface area contributed by atoms with Gasteiger partial charge in [-0.15, -0.1) is 10.2 Å². The fraction of sp³-hybridized carbons (Fsp3) is 0.158. The summed E-state index contributed by atoms with van der Waals surface area (Å²) >= 11 is 6.20. The van der Waals surface area contributed by atoms with Gasteiger partial charge in [0.1, 0.15) is 12.4 Å². The molecule has 0 bridgehead atoms. The Hall–Kier alpha value is -3.03. The summed E-state index contributed by atoms with van der Waals surface area (Å²) in [5.74, 6) is 0.498. The number of carbonyl (C=O) groups excluding carboxylic acids is 2. The minimum Gasteiger partial charge on any atom is -0.388 e. The number of halogens is 1. The summed E-state index contributed by atoms with van der Waals surface area (Å²) in [7, 11) is 0. The summed E-state index contributed by atoms with van der Waals surface area (Å²) in [6, 6.07) is 11.7. The molecule has 1 amide bonds. The molecular weight excluding hydrogens is 368 g/mol. The number of aliphatic hydroxyl groups is 1. The van der Waals surface area contributed by atoms with Crippen LogP contribution in [0.3, 0.4) is 0 Å². The van der Waals surface area contributed by atoms with Crippen molar-refractivity contribution in [2.75, 3.05) is 5.32 Å². The number of hydrogen-bond acceptors (Lipinski definition) is 5. The Bertz CT molecular complexity index is 979. The van der Waals surface area contributed by atoms with Crippen LogP contribution in [0, 0.1) is 0 Å². The van der Waals surface area contributed by atoms with Crippen molar-refractivity contribution < 1.29 is 14.7 Å². The Morgan fingerprint density at radius 1 is 1.15 bits per heavy atom. The number of aliphatic hydroxyl groups excluding tert-OH is 1. The summed E-state index contributed by atoms with van der Waals surface area (Å²) in [6.45, 7) is 1.51. The molecule has 138 valence electrons. The Labute approximate surface area is 160 Å². The van der Waals surface area contributed by atoms with E-state index in [-0.39, 0.29) is 18.2 Å². The molecule has 2 N–H and O–H groups in total. The summed E-state index contributed by atoms with van der Waals surface area (Å²) in [4.78, 5) is 24.3. The number of anilines is 1. The van der Waals surface area contributed by atoms with Crippen LogP contribution in [0.2, 0.25) is 5.02 Å². The van der Waals surface area contributed by atoms with E-state index < -0.39 is 0 Å². The van der Waals surface area contributed by atoms with Gasteiger partial charge >= 0.3 is 0 Å². The monoisotopic (exact) mass is 384 g/mol. The molecule has 0 aliphatic carbocycles. The zero-order chi connectivity index (χ0) is 19.4. The fourth-order valence-corrected chi connectivity index (χ4v) is 3.10. The van der Waals surface area contributed by atoms with Crippen LogP contribution in [-0.4, -0.2) is 32.1 Å². The van der Waals surface area contributed by atoms with Crippen molar-refractivity contribution in [1.82, 2.24) is 14.8 Å². The second-order valence-corrected chi connectivity index (χ2v) is 6.06. The molecule has 3 rings (SSSR count). The summed E-state index contributed by atoms with van der Waals surface area (Å²) in [6.07, 6.45) is 1.04. The molecule has 7 nitrogen and oxygen atoms in total. The Morgan fingerprint density at radius 3 is 2.52 bits per heavy atom. The van der Waals surface area contributed by atoms with Crippen LogP contribution in [0.1, 0.15) is 34.5 Å². The fourth-order valence-electron chi connectivity index (χ4n) is 2.88. The van der Waals surface area contributed by atoms with Gasteiger partial charge in [-0.25, -0.2) is 0 Å². The van der Waals surface area contributed by atoms with Crippen molar-refractivity contribution in [2.24, 2.45) is 0 Å². The third-order valence-electron chi connectivity index (χ3n) is 4.09. The van der Waals surface area contributed by atoms with Crippen LogP contribution in [-0.2, 0) is 17.8 Å². The van der Waals surface area contributed by atoms with E-state index in [0.717, 1.165) is 0 Å². The highest BCUT2D eigenvalue weighted by Crippen LogP contribution is 2.30. The number of carbonyl (C=O) groups is 2. The second-order valence-electron chi connectivity index (χ2n) is 5.65. The van der Waals surface area contributed by atoms with E-state index in [0.29, 0.717) is 46.2 Å². The van der Waals surface area contributed by atoms with E-state index in [1.165, 1.54) is 0 Å². The highest BCUT2D eigenvalue weighted by atomic mass is 35.5. The van der Waals surface area contributed by atoms with Gasteiger partial charge in [0.05, 0.1) is 16.4 Å². The zero-order valence-electron chi connectivity index (χ0n) is 14.5. The van der Waals surface area contributed by atoms with Crippen molar-refractivity contribution in [3.8, 4) is 5.69 Å². The van der Waals surface area contributed by atoms with Crippen LogP contribution < -0.4 is 5.32 Å². The van der Waals surface area contributed by atoms with Crippen molar-refractivity contribution in [3.05, 3.63) is 70.3 Å². The van der Waals surface area contributed by atoms with Gasteiger partial charge in [-0.3, -0.25) is 14.2 Å². The standard InChI is InChI=1S/C19H17ClN4O3/c1-2-16-22-23-17(10-25)24(16)18-13(7-5-9-15(18)21-11-26)19(27)12-6-3-4-8-14(12)20/h3-9,11,25H,2,10H2,1H3,(H,21,26). The first-order chi connectivity index (χ1) is 13.1. The van der Waals surface area contributed by atoms with Gasteiger partial charge in [-0.1, -0.05) is 36.7 Å². The molecule has 0 aliphatic rings. The highest BCUT2D eigenvalue weighted by molar-refractivity contribution is 6.35. The lowest BCUT2D eigenvalue weighted by Crippen LogP contribution is -2.15. The van der Waals surface area contributed by atoms with Gasteiger partial charge in [0, 0.05) is 17.5 Å². The number of aryl methyl sites for hydroxylation is 1. The molecule has 3 aromatic rings. The molecule has 0 radical (unpaired) electrons. The van der Waals surface area contributed by atoms with Gasteiger partial charge in [0.15, 0.2) is 11.6 Å². The first-order valence-corrected chi connectivity index (χ1v) is 8.67. The van der Waals surface area contributed by atoms with E-state index in [1.807, 2.05) is 6.92 Å². The van der Waals surface area contributed by atoms with Gasteiger partial charge in [-0.05, 0) is 24.3 Å². The lowest BCUT2D eigenvalue weighted by atomic mass is 10.00. The van der Waals surface area contributed by atoms with Crippen molar-refractivity contribution in [2.45, 2.75) is 20.0 Å². The van der Waals surface area contributed by atoms with E-state index in [1.54, 1.807) is 47.0 Å². The number of nitrogens with zero attached hydrogens (tertiary/aromatic N) is 3. The SMILES string of the molecule is CCc1nnc(CO)n1-c1c(NC=O)cccc1C(=O)c1ccccc1Cl. The molecule has 2 aromatic carbocycles. The Kier molecular flexibility index (Phi) is 5.63. The molecule has 27 heavy (non-hydrogen) atoms.